The fourth-order valence-corrected chi connectivity index (χ4v) is 3.69. The first-order chi connectivity index (χ1) is 13.1. The molecule has 1 saturated heterocycles. The van der Waals surface area contributed by atoms with Crippen molar-refractivity contribution in [2.24, 2.45) is 5.92 Å². The fraction of sp³-hybridized carbons (Fsp3) is 0.522. The number of hydrogen-bond acceptors (Lipinski definition) is 3. The molecule has 2 heterocycles. The van der Waals surface area contributed by atoms with E-state index in [2.05, 4.69) is 77.1 Å². The molecule has 28 heavy (non-hydrogen) atoms. The molecule has 0 radical (unpaired) electrons. The zero-order valence-corrected chi connectivity index (χ0v) is 18.3. The average Bonchev–Trinajstić information content (AvgIpc) is 3.09. The lowest BCUT2D eigenvalue weighted by Gasteiger charge is -2.32. The molecular weight excluding hydrogens is 347 g/mol. The molecule has 3 rings (SSSR count). The van der Waals surface area contributed by atoms with Gasteiger partial charge in [0, 0.05) is 11.6 Å². The average molecular weight is 380 g/mol. The van der Waals surface area contributed by atoms with Gasteiger partial charge in [0.05, 0.1) is 22.6 Å². The van der Waals surface area contributed by atoms with Crippen LogP contribution in [0.3, 0.4) is 0 Å². The summed E-state index contributed by atoms with van der Waals surface area (Å²) in [7, 11) is -0.376. The van der Waals surface area contributed by atoms with Gasteiger partial charge in [-0.2, -0.15) is 5.10 Å². The first-order valence-electron chi connectivity index (χ1n) is 10.2. The quantitative estimate of drug-likeness (QED) is 0.534. The SMILES string of the molecule is C=CCC(c1cc(C)nn1-c1cccc(B2OC(C)(C)C(C)(C)O2)c1)C(C)C. The molecule has 2 aromatic rings. The Labute approximate surface area is 170 Å². The van der Waals surface area contributed by atoms with Gasteiger partial charge < -0.3 is 9.31 Å². The van der Waals surface area contributed by atoms with Crippen molar-refractivity contribution in [3.63, 3.8) is 0 Å². The fourth-order valence-electron chi connectivity index (χ4n) is 3.69. The van der Waals surface area contributed by atoms with Crippen LogP contribution in [-0.4, -0.2) is 28.1 Å². The van der Waals surface area contributed by atoms with Crippen LogP contribution >= 0.6 is 0 Å². The third-order valence-electron chi connectivity index (χ3n) is 6.10. The molecule has 0 spiro atoms. The van der Waals surface area contributed by atoms with Gasteiger partial charge in [0.2, 0.25) is 0 Å². The third kappa shape index (κ3) is 3.83. The van der Waals surface area contributed by atoms with Crippen molar-refractivity contribution in [1.82, 2.24) is 9.78 Å². The van der Waals surface area contributed by atoms with E-state index >= 15 is 0 Å². The number of aromatic nitrogens is 2. The third-order valence-corrected chi connectivity index (χ3v) is 6.10. The first-order valence-corrected chi connectivity index (χ1v) is 10.2. The summed E-state index contributed by atoms with van der Waals surface area (Å²) in [5.74, 6) is 0.873. The molecule has 150 valence electrons. The van der Waals surface area contributed by atoms with Crippen LogP contribution in [0.2, 0.25) is 0 Å². The van der Waals surface area contributed by atoms with Crippen LogP contribution in [0.1, 0.15) is 65.3 Å². The maximum absolute atomic E-state index is 6.24. The summed E-state index contributed by atoms with van der Waals surface area (Å²) >= 11 is 0. The Bertz CT molecular complexity index is 838. The van der Waals surface area contributed by atoms with Gasteiger partial charge in [0.25, 0.3) is 0 Å². The van der Waals surface area contributed by atoms with Crippen molar-refractivity contribution < 1.29 is 9.31 Å². The minimum absolute atomic E-state index is 0.353. The lowest BCUT2D eigenvalue weighted by atomic mass is 9.79. The molecule has 1 aromatic carbocycles. The van der Waals surface area contributed by atoms with Crippen LogP contribution < -0.4 is 5.46 Å². The number of benzene rings is 1. The van der Waals surface area contributed by atoms with Gasteiger partial charge in [-0.3, -0.25) is 0 Å². The highest BCUT2D eigenvalue weighted by Gasteiger charge is 2.51. The molecule has 1 fully saturated rings. The Morgan fingerprint density at radius 2 is 1.79 bits per heavy atom. The molecule has 0 aliphatic carbocycles. The van der Waals surface area contributed by atoms with Crippen molar-refractivity contribution in [2.75, 3.05) is 0 Å². The van der Waals surface area contributed by atoms with Gasteiger partial charge in [0.1, 0.15) is 0 Å². The number of rotatable bonds is 6. The molecule has 1 unspecified atom stereocenters. The molecule has 0 N–H and O–H groups in total. The Morgan fingerprint density at radius 1 is 1.14 bits per heavy atom. The van der Waals surface area contributed by atoms with Gasteiger partial charge >= 0.3 is 7.12 Å². The van der Waals surface area contributed by atoms with Crippen LogP contribution in [0.4, 0.5) is 0 Å². The first kappa shape index (κ1) is 20.9. The molecule has 1 atom stereocenters. The Hall–Kier alpha value is -1.85. The second kappa shape index (κ2) is 7.53. The second-order valence-corrected chi connectivity index (χ2v) is 9.18. The lowest BCUT2D eigenvalue weighted by Crippen LogP contribution is -2.41. The monoisotopic (exact) mass is 380 g/mol. The zero-order valence-electron chi connectivity index (χ0n) is 18.3. The molecule has 0 bridgehead atoms. The van der Waals surface area contributed by atoms with Crippen LogP contribution in [-0.2, 0) is 9.31 Å². The van der Waals surface area contributed by atoms with Crippen molar-refractivity contribution in [2.45, 2.75) is 72.0 Å². The summed E-state index contributed by atoms with van der Waals surface area (Å²) in [4.78, 5) is 0. The maximum atomic E-state index is 6.24. The predicted molar refractivity (Wildman–Crippen MR) is 116 cm³/mol. The second-order valence-electron chi connectivity index (χ2n) is 9.18. The van der Waals surface area contributed by atoms with Crippen molar-refractivity contribution in [3.05, 3.63) is 54.4 Å². The number of allylic oxidation sites excluding steroid dienone is 1. The van der Waals surface area contributed by atoms with Crippen LogP contribution in [0.5, 0.6) is 0 Å². The van der Waals surface area contributed by atoms with Crippen molar-refractivity contribution in [1.29, 1.82) is 0 Å². The summed E-state index contributed by atoms with van der Waals surface area (Å²) in [5.41, 5.74) is 3.58. The lowest BCUT2D eigenvalue weighted by molar-refractivity contribution is 0.00578. The van der Waals surface area contributed by atoms with E-state index in [0.717, 1.165) is 23.3 Å². The molecule has 1 aliphatic rings. The summed E-state index contributed by atoms with van der Waals surface area (Å²) in [6, 6.07) is 10.5. The minimum atomic E-state index is -0.376. The Morgan fingerprint density at radius 3 is 2.36 bits per heavy atom. The van der Waals surface area contributed by atoms with Gasteiger partial charge in [-0.1, -0.05) is 32.1 Å². The zero-order chi connectivity index (χ0) is 20.7. The van der Waals surface area contributed by atoms with Gasteiger partial charge in [-0.25, -0.2) is 4.68 Å². The highest BCUT2D eigenvalue weighted by Crippen LogP contribution is 2.36. The van der Waals surface area contributed by atoms with Gasteiger partial charge in [-0.05, 0) is 70.6 Å². The number of hydrogen-bond donors (Lipinski definition) is 0. The molecule has 1 aromatic heterocycles. The molecule has 0 saturated carbocycles. The van der Waals surface area contributed by atoms with Crippen molar-refractivity contribution in [3.8, 4) is 5.69 Å². The van der Waals surface area contributed by atoms with E-state index in [1.807, 2.05) is 19.1 Å². The molecule has 0 amide bonds. The number of aryl methyl sites for hydroxylation is 1. The topological polar surface area (TPSA) is 36.3 Å². The predicted octanol–water partition coefficient (Wildman–Crippen LogP) is 4.80. The van der Waals surface area contributed by atoms with Crippen LogP contribution in [0, 0.1) is 12.8 Å². The van der Waals surface area contributed by atoms with Gasteiger partial charge in [-0.15, -0.1) is 6.58 Å². The summed E-state index contributed by atoms with van der Waals surface area (Å²) in [6.07, 6.45) is 2.93. The maximum Gasteiger partial charge on any atom is 0.494 e. The van der Waals surface area contributed by atoms with E-state index in [4.69, 9.17) is 14.4 Å². The largest absolute Gasteiger partial charge is 0.494 e. The minimum Gasteiger partial charge on any atom is -0.399 e. The molecule has 5 heteroatoms. The highest BCUT2D eigenvalue weighted by molar-refractivity contribution is 6.62. The summed E-state index contributed by atoms with van der Waals surface area (Å²) in [6.45, 7) is 18.8. The standard InChI is InChI=1S/C23H33BN2O2/c1-9-11-20(16(2)3)21-14-17(4)25-26(21)19-13-10-12-18(15-19)24-27-22(5,6)23(7,8)28-24/h9-10,12-16,20H,1,11H2,2-8H3. The van der Waals surface area contributed by atoms with E-state index in [1.165, 1.54) is 5.69 Å². The smallest absolute Gasteiger partial charge is 0.399 e. The molecular formula is C23H33BN2O2. The van der Waals surface area contributed by atoms with Crippen molar-refractivity contribution >= 4 is 12.6 Å². The van der Waals surface area contributed by atoms with E-state index < -0.39 is 0 Å². The normalized spacial score (nSPS) is 19.2. The number of nitrogens with zero attached hydrogens (tertiary/aromatic N) is 2. The van der Waals surface area contributed by atoms with E-state index in [0.29, 0.717) is 11.8 Å². The van der Waals surface area contributed by atoms with E-state index in [-0.39, 0.29) is 18.3 Å². The summed E-state index contributed by atoms with van der Waals surface area (Å²) in [5, 5.41) is 4.79. The molecule has 4 nitrogen and oxygen atoms in total. The Balaban J connectivity index is 1.99. The van der Waals surface area contributed by atoms with E-state index in [9.17, 15) is 0 Å². The van der Waals surface area contributed by atoms with Crippen LogP contribution in [0.15, 0.2) is 43.0 Å². The molecule has 1 aliphatic heterocycles. The van der Waals surface area contributed by atoms with E-state index in [1.54, 1.807) is 0 Å². The van der Waals surface area contributed by atoms with Gasteiger partial charge in [0.15, 0.2) is 0 Å². The summed E-state index contributed by atoms with van der Waals surface area (Å²) < 4.78 is 14.5. The highest BCUT2D eigenvalue weighted by atomic mass is 16.7. The van der Waals surface area contributed by atoms with Crippen LogP contribution in [0.25, 0.3) is 5.69 Å². The Kier molecular flexibility index (Phi) is 5.61.